The fraction of sp³-hybridized carbons (Fsp3) is 0.462. The third kappa shape index (κ3) is 5.66. The van der Waals surface area contributed by atoms with Gasteiger partial charge in [0.25, 0.3) is 0 Å². The molecule has 0 heterocycles. The highest BCUT2D eigenvalue weighted by atomic mass is 32.2. The summed E-state index contributed by atoms with van der Waals surface area (Å²) in [5, 5.41) is 0. The number of ether oxygens (including phenoxy) is 1. The molecule has 0 aromatic heterocycles. The first kappa shape index (κ1) is 27.5. The van der Waals surface area contributed by atoms with Crippen LogP contribution in [0.2, 0.25) is 0 Å². The van der Waals surface area contributed by atoms with Crippen molar-refractivity contribution in [2.45, 2.75) is 67.2 Å². The number of anilines is 1. The predicted octanol–water partition coefficient (Wildman–Crippen LogP) is 5.50. The molecule has 0 aliphatic carbocycles. The van der Waals surface area contributed by atoms with Gasteiger partial charge >= 0.3 is 0 Å². The van der Waals surface area contributed by atoms with Crippen LogP contribution in [-0.2, 0) is 14.8 Å². The van der Waals surface area contributed by atoms with Crippen molar-refractivity contribution in [3.63, 3.8) is 0 Å². The van der Waals surface area contributed by atoms with E-state index in [0.29, 0.717) is 16.3 Å². The van der Waals surface area contributed by atoms with E-state index < -0.39 is 21.7 Å². The fourth-order valence-electron chi connectivity index (χ4n) is 4.14. The van der Waals surface area contributed by atoms with Crippen LogP contribution in [-0.4, -0.2) is 33.0 Å². The normalized spacial score (nSPS) is 11.4. The van der Waals surface area contributed by atoms with Crippen molar-refractivity contribution >= 4 is 27.4 Å². The molecule has 186 valence electrons. The van der Waals surface area contributed by atoms with E-state index in [1.165, 1.54) is 19.2 Å². The summed E-state index contributed by atoms with van der Waals surface area (Å²) in [6.45, 7) is 11.5. The largest absolute Gasteiger partial charge is 0.494 e. The van der Waals surface area contributed by atoms with Gasteiger partial charge in [0.15, 0.2) is 17.3 Å². The number of benzene rings is 2. The average Bonchev–Trinajstić information content (AvgIpc) is 2.76. The third-order valence-corrected chi connectivity index (χ3v) is 8.30. The van der Waals surface area contributed by atoms with Crippen LogP contribution < -0.4 is 9.04 Å². The number of Topliss-reactive ketones (excluding diaryl/α,β-unsaturated/α-hetero) is 1. The van der Waals surface area contributed by atoms with Crippen molar-refractivity contribution in [2.75, 3.05) is 17.2 Å². The molecule has 0 radical (unpaired) electrons. The van der Waals surface area contributed by atoms with E-state index in [9.17, 15) is 22.4 Å². The summed E-state index contributed by atoms with van der Waals surface area (Å²) in [6.07, 6.45) is 0.422. The number of methoxy groups -OCH3 is 1. The Bertz CT molecular complexity index is 1180. The lowest BCUT2D eigenvalue weighted by molar-refractivity contribution is -0.117. The molecule has 0 spiro atoms. The van der Waals surface area contributed by atoms with E-state index in [0.717, 1.165) is 33.9 Å². The molecule has 0 unspecified atom stereocenters. The van der Waals surface area contributed by atoms with Gasteiger partial charge < -0.3 is 4.74 Å². The highest BCUT2D eigenvalue weighted by Gasteiger charge is 2.29. The number of hydrogen-bond donors (Lipinski definition) is 0. The second-order valence-electron chi connectivity index (χ2n) is 8.57. The standard InChI is InChI=1S/C26H34FNO5S/c1-8-14-34(31,32)28(21-12-13-24(33-7)22(27)15-21)25(30)11-9-10-23(29)26-19(5)17(3)16(2)18(4)20(26)6/h12-13,15H,8-11,14H2,1-7H3. The predicted molar refractivity (Wildman–Crippen MR) is 133 cm³/mol. The molecule has 0 bridgehead atoms. The molecule has 0 atom stereocenters. The summed E-state index contributed by atoms with van der Waals surface area (Å²) in [5.41, 5.74) is 5.74. The van der Waals surface area contributed by atoms with Gasteiger partial charge in [-0.15, -0.1) is 0 Å². The summed E-state index contributed by atoms with van der Waals surface area (Å²) >= 11 is 0. The first-order valence-corrected chi connectivity index (χ1v) is 13.0. The number of amides is 1. The Morgan fingerprint density at radius 3 is 2.00 bits per heavy atom. The Hall–Kier alpha value is -2.74. The number of nitrogens with zero attached hydrogens (tertiary/aromatic N) is 1. The van der Waals surface area contributed by atoms with Crippen molar-refractivity contribution < 1.29 is 27.1 Å². The Morgan fingerprint density at radius 1 is 0.941 bits per heavy atom. The van der Waals surface area contributed by atoms with Crippen LogP contribution >= 0.6 is 0 Å². The zero-order valence-corrected chi connectivity index (χ0v) is 21.9. The second-order valence-corrected chi connectivity index (χ2v) is 10.5. The Balaban J connectivity index is 2.26. The Kier molecular flexibility index (Phi) is 9.00. The number of ketones is 1. The van der Waals surface area contributed by atoms with Crippen LogP contribution in [0.4, 0.5) is 10.1 Å². The molecule has 0 N–H and O–H groups in total. The second kappa shape index (κ2) is 11.1. The molecule has 2 aromatic carbocycles. The van der Waals surface area contributed by atoms with E-state index >= 15 is 0 Å². The number of carbonyl (C=O) groups is 2. The number of halogens is 1. The van der Waals surface area contributed by atoms with Gasteiger partial charge in [-0.25, -0.2) is 17.1 Å². The van der Waals surface area contributed by atoms with Gasteiger partial charge in [-0.2, -0.15) is 0 Å². The van der Waals surface area contributed by atoms with Crippen molar-refractivity contribution in [3.05, 3.63) is 57.4 Å². The van der Waals surface area contributed by atoms with Gasteiger partial charge in [-0.3, -0.25) is 9.59 Å². The van der Waals surface area contributed by atoms with Crippen LogP contribution in [0.5, 0.6) is 5.75 Å². The van der Waals surface area contributed by atoms with Crippen molar-refractivity contribution in [3.8, 4) is 5.75 Å². The zero-order valence-electron chi connectivity index (χ0n) is 21.0. The molecule has 8 heteroatoms. The van der Waals surface area contributed by atoms with E-state index in [1.54, 1.807) is 6.92 Å². The molecular weight excluding hydrogens is 457 g/mol. The van der Waals surface area contributed by atoms with E-state index in [4.69, 9.17) is 4.74 Å². The Morgan fingerprint density at radius 2 is 1.50 bits per heavy atom. The zero-order chi connectivity index (χ0) is 25.8. The first-order valence-electron chi connectivity index (χ1n) is 11.4. The molecule has 0 aliphatic heterocycles. The van der Waals surface area contributed by atoms with Gasteiger partial charge in [-0.05, 0) is 87.4 Å². The Labute approximate surface area is 202 Å². The summed E-state index contributed by atoms with van der Waals surface area (Å²) in [4.78, 5) is 26.0. The monoisotopic (exact) mass is 491 g/mol. The van der Waals surface area contributed by atoms with E-state index in [-0.39, 0.29) is 42.2 Å². The lowest BCUT2D eigenvalue weighted by Gasteiger charge is -2.23. The van der Waals surface area contributed by atoms with Gasteiger partial charge in [0.2, 0.25) is 15.9 Å². The number of sulfonamides is 1. The molecule has 1 amide bonds. The summed E-state index contributed by atoms with van der Waals surface area (Å²) in [7, 11) is -2.70. The van der Waals surface area contributed by atoms with Crippen molar-refractivity contribution in [1.29, 1.82) is 0 Å². The SMILES string of the molecule is CCCS(=O)(=O)N(C(=O)CCCC(=O)c1c(C)c(C)c(C)c(C)c1C)c1ccc(OC)c(F)c1. The van der Waals surface area contributed by atoms with Crippen LogP contribution in [0.1, 0.15) is 70.8 Å². The minimum atomic E-state index is -4.00. The highest BCUT2D eigenvalue weighted by molar-refractivity contribution is 7.93. The topological polar surface area (TPSA) is 80.8 Å². The van der Waals surface area contributed by atoms with Gasteiger partial charge in [-0.1, -0.05) is 6.92 Å². The number of rotatable bonds is 10. The lowest BCUT2D eigenvalue weighted by Crippen LogP contribution is -2.38. The number of carbonyl (C=O) groups excluding carboxylic acids is 2. The molecule has 6 nitrogen and oxygen atoms in total. The molecular formula is C26H34FNO5S. The van der Waals surface area contributed by atoms with E-state index in [1.807, 2.05) is 34.6 Å². The van der Waals surface area contributed by atoms with Crippen molar-refractivity contribution in [2.24, 2.45) is 0 Å². The highest BCUT2D eigenvalue weighted by Crippen LogP contribution is 2.29. The first-order chi connectivity index (χ1) is 15.9. The van der Waals surface area contributed by atoms with Gasteiger partial charge in [0, 0.05) is 24.5 Å². The average molecular weight is 492 g/mol. The van der Waals surface area contributed by atoms with Crippen molar-refractivity contribution in [1.82, 2.24) is 0 Å². The molecule has 2 rings (SSSR count). The lowest BCUT2D eigenvalue weighted by atomic mass is 9.86. The summed E-state index contributed by atoms with van der Waals surface area (Å²) < 4.78 is 45.5. The molecule has 0 fully saturated rings. The molecule has 2 aromatic rings. The van der Waals surface area contributed by atoms with E-state index in [2.05, 4.69) is 0 Å². The van der Waals surface area contributed by atoms with Crippen LogP contribution in [0.3, 0.4) is 0 Å². The summed E-state index contributed by atoms with van der Waals surface area (Å²) in [5.74, 6) is -1.85. The maximum atomic E-state index is 14.3. The fourth-order valence-corrected chi connectivity index (χ4v) is 5.67. The molecule has 0 saturated heterocycles. The number of hydrogen-bond acceptors (Lipinski definition) is 5. The minimum absolute atomic E-state index is 0.0518. The van der Waals surface area contributed by atoms with Crippen LogP contribution in [0.15, 0.2) is 18.2 Å². The molecule has 0 saturated carbocycles. The summed E-state index contributed by atoms with van der Waals surface area (Å²) in [6, 6.07) is 3.59. The van der Waals surface area contributed by atoms with Crippen LogP contribution in [0, 0.1) is 40.4 Å². The van der Waals surface area contributed by atoms with Gasteiger partial charge in [0.1, 0.15) is 0 Å². The molecule has 34 heavy (non-hydrogen) atoms. The third-order valence-electron chi connectivity index (χ3n) is 6.41. The van der Waals surface area contributed by atoms with Crippen LogP contribution in [0.25, 0.3) is 0 Å². The smallest absolute Gasteiger partial charge is 0.241 e. The maximum absolute atomic E-state index is 14.3. The minimum Gasteiger partial charge on any atom is -0.494 e. The van der Waals surface area contributed by atoms with Gasteiger partial charge in [0.05, 0.1) is 18.6 Å². The quantitative estimate of drug-likeness (QED) is 0.410. The molecule has 0 aliphatic rings. The maximum Gasteiger partial charge on any atom is 0.241 e.